The van der Waals surface area contributed by atoms with Crippen LogP contribution in [0.2, 0.25) is 0 Å². The first kappa shape index (κ1) is 27.6. The van der Waals surface area contributed by atoms with Gasteiger partial charge in [-0.15, -0.1) is 0 Å². The van der Waals surface area contributed by atoms with E-state index in [0.29, 0.717) is 24.0 Å². The zero-order chi connectivity index (χ0) is 28.0. The lowest BCUT2D eigenvalue weighted by Gasteiger charge is -2.26. The Labute approximate surface area is 219 Å². The standard InChI is InChI=1S/C25H27F2N3O6S2/c1-4-5-6-19-23(31)21(25(32)30(19)13-15-7-9-17(26)14(2)11-15)22-24(27)38(35,36)20-12-16(29-37(3,33)34)8-10-18(20)28-22/h7-12,19,28-29,31H,4-6,13H2,1-3H3. The van der Waals surface area contributed by atoms with Crippen LogP contribution in [0.3, 0.4) is 0 Å². The van der Waals surface area contributed by atoms with Crippen LogP contribution in [-0.2, 0) is 31.2 Å². The first-order valence-electron chi connectivity index (χ1n) is 11.8. The number of aliphatic hydroxyl groups excluding tert-OH is 1. The van der Waals surface area contributed by atoms with Crippen molar-refractivity contribution in [3.63, 3.8) is 0 Å². The highest BCUT2D eigenvalue weighted by Crippen LogP contribution is 2.42. The Bertz CT molecular complexity index is 1600. The Kier molecular flexibility index (Phi) is 7.28. The van der Waals surface area contributed by atoms with Crippen LogP contribution in [0.15, 0.2) is 63.5 Å². The number of aryl methyl sites for hydroxylation is 1. The SMILES string of the molecule is CCCCC1C(O)=C(C2=C(F)S(=O)(=O)c3cc(NS(C)(=O)=O)ccc3N2)C(=O)N1Cc1ccc(F)c(C)c1. The molecule has 3 N–H and O–H groups in total. The molecule has 0 radical (unpaired) electrons. The van der Waals surface area contributed by atoms with Crippen LogP contribution in [0.4, 0.5) is 20.2 Å². The predicted molar refractivity (Wildman–Crippen MR) is 139 cm³/mol. The summed E-state index contributed by atoms with van der Waals surface area (Å²) < 4.78 is 80.7. The van der Waals surface area contributed by atoms with Crippen molar-refractivity contribution in [1.29, 1.82) is 0 Å². The highest BCUT2D eigenvalue weighted by atomic mass is 32.2. The minimum absolute atomic E-state index is 0.0132. The summed E-state index contributed by atoms with van der Waals surface area (Å²) in [5, 5.41) is 12.0. The van der Waals surface area contributed by atoms with Crippen LogP contribution in [0.25, 0.3) is 0 Å². The van der Waals surface area contributed by atoms with Crippen molar-refractivity contribution in [1.82, 2.24) is 4.90 Å². The molecule has 38 heavy (non-hydrogen) atoms. The van der Waals surface area contributed by atoms with Gasteiger partial charge in [0.2, 0.25) is 25.0 Å². The summed E-state index contributed by atoms with van der Waals surface area (Å²) in [6.07, 6.45) is 2.60. The van der Waals surface area contributed by atoms with E-state index in [1.807, 2.05) is 6.92 Å². The summed E-state index contributed by atoms with van der Waals surface area (Å²) >= 11 is 0. The molecule has 0 saturated heterocycles. The minimum Gasteiger partial charge on any atom is -0.509 e. The molecule has 1 atom stereocenters. The van der Waals surface area contributed by atoms with Crippen molar-refractivity contribution < 1.29 is 35.5 Å². The molecule has 1 unspecified atom stereocenters. The number of hydrogen-bond donors (Lipinski definition) is 3. The number of nitrogens with one attached hydrogen (secondary N) is 2. The number of rotatable bonds is 8. The molecular weight excluding hydrogens is 540 g/mol. The number of amides is 1. The van der Waals surface area contributed by atoms with Gasteiger partial charge in [0.25, 0.3) is 5.91 Å². The van der Waals surface area contributed by atoms with Gasteiger partial charge < -0.3 is 15.3 Å². The smallest absolute Gasteiger partial charge is 0.260 e. The van der Waals surface area contributed by atoms with E-state index in [0.717, 1.165) is 18.7 Å². The highest BCUT2D eigenvalue weighted by Gasteiger charge is 2.45. The quantitative estimate of drug-likeness (QED) is 0.434. The van der Waals surface area contributed by atoms with E-state index in [9.17, 15) is 31.1 Å². The third kappa shape index (κ3) is 5.12. The summed E-state index contributed by atoms with van der Waals surface area (Å²) in [4.78, 5) is 14.3. The van der Waals surface area contributed by atoms with E-state index in [2.05, 4.69) is 10.0 Å². The second kappa shape index (κ2) is 10.0. The van der Waals surface area contributed by atoms with Gasteiger partial charge in [-0.2, -0.15) is 4.39 Å². The van der Waals surface area contributed by atoms with Crippen molar-refractivity contribution in [3.05, 3.63) is 75.5 Å². The van der Waals surface area contributed by atoms with Gasteiger partial charge in [0.1, 0.15) is 22.8 Å². The maximum absolute atomic E-state index is 15.5. The molecule has 1 amide bonds. The van der Waals surface area contributed by atoms with Crippen LogP contribution < -0.4 is 10.0 Å². The lowest BCUT2D eigenvalue weighted by molar-refractivity contribution is -0.127. The first-order chi connectivity index (χ1) is 17.7. The molecule has 204 valence electrons. The second-order valence-electron chi connectivity index (χ2n) is 9.30. The van der Waals surface area contributed by atoms with Crippen LogP contribution >= 0.6 is 0 Å². The van der Waals surface area contributed by atoms with E-state index in [4.69, 9.17) is 0 Å². The number of halogens is 2. The minimum atomic E-state index is -4.80. The van der Waals surface area contributed by atoms with E-state index in [1.165, 1.54) is 29.2 Å². The van der Waals surface area contributed by atoms with E-state index >= 15 is 4.39 Å². The van der Waals surface area contributed by atoms with Crippen molar-refractivity contribution >= 4 is 37.1 Å². The molecule has 0 spiro atoms. The number of sulfonamides is 1. The van der Waals surface area contributed by atoms with E-state index in [1.54, 1.807) is 13.0 Å². The largest absolute Gasteiger partial charge is 0.509 e. The Morgan fingerprint density at radius 2 is 1.87 bits per heavy atom. The predicted octanol–water partition coefficient (Wildman–Crippen LogP) is 4.26. The van der Waals surface area contributed by atoms with Crippen molar-refractivity contribution in [2.45, 2.75) is 50.6 Å². The van der Waals surface area contributed by atoms with E-state index < -0.39 is 64.7 Å². The summed E-state index contributed by atoms with van der Waals surface area (Å²) in [7, 11) is -8.52. The molecule has 0 fully saturated rings. The van der Waals surface area contributed by atoms with Gasteiger partial charge in [-0.05, 0) is 48.7 Å². The number of hydrogen-bond acceptors (Lipinski definition) is 7. The maximum atomic E-state index is 15.5. The van der Waals surface area contributed by atoms with Crippen molar-refractivity contribution in [2.24, 2.45) is 0 Å². The zero-order valence-corrected chi connectivity index (χ0v) is 22.5. The number of sulfone groups is 1. The Morgan fingerprint density at radius 1 is 1.16 bits per heavy atom. The summed E-state index contributed by atoms with van der Waals surface area (Å²) in [5.41, 5.74) is -0.425. The lowest BCUT2D eigenvalue weighted by Crippen LogP contribution is -2.35. The van der Waals surface area contributed by atoms with Gasteiger partial charge in [0, 0.05) is 12.2 Å². The molecule has 0 aromatic heterocycles. The van der Waals surface area contributed by atoms with Crippen LogP contribution in [0.5, 0.6) is 0 Å². The zero-order valence-electron chi connectivity index (χ0n) is 20.9. The molecule has 0 saturated carbocycles. The molecule has 4 rings (SSSR count). The lowest BCUT2D eigenvalue weighted by atomic mass is 10.1. The molecule has 2 heterocycles. The topological polar surface area (TPSA) is 133 Å². The van der Waals surface area contributed by atoms with Crippen LogP contribution in [-0.4, -0.2) is 45.0 Å². The Balaban J connectivity index is 1.76. The summed E-state index contributed by atoms with van der Waals surface area (Å²) in [6, 6.07) is 6.97. The number of unbranched alkanes of at least 4 members (excludes halogenated alkanes) is 1. The number of aliphatic hydroxyl groups is 1. The third-order valence-corrected chi connectivity index (χ3v) is 8.54. The molecule has 0 bridgehead atoms. The number of carbonyl (C=O) groups is 1. The van der Waals surface area contributed by atoms with Crippen molar-refractivity contribution in [3.8, 4) is 0 Å². The molecule has 2 aromatic carbocycles. The molecule has 9 nitrogen and oxygen atoms in total. The molecule has 2 aromatic rings. The fourth-order valence-electron chi connectivity index (χ4n) is 4.52. The molecular formula is C25H27F2N3O6S2. The average molecular weight is 568 g/mol. The van der Waals surface area contributed by atoms with Gasteiger partial charge in [0.05, 0.1) is 22.9 Å². The summed E-state index contributed by atoms with van der Waals surface area (Å²) in [5.74, 6) is -1.66. The van der Waals surface area contributed by atoms with Crippen molar-refractivity contribution in [2.75, 3.05) is 16.3 Å². The number of fused-ring (bicyclic) bond motifs is 1. The number of nitrogens with zero attached hydrogens (tertiary/aromatic N) is 1. The molecule has 2 aliphatic rings. The second-order valence-corrected chi connectivity index (χ2v) is 12.9. The normalized spacial score (nSPS) is 19.0. The highest BCUT2D eigenvalue weighted by molar-refractivity contribution is 7.95. The Hall–Kier alpha value is -3.45. The van der Waals surface area contributed by atoms with Gasteiger partial charge in [-0.3, -0.25) is 9.52 Å². The van der Waals surface area contributed by atoms with E-state index in [-0.39, 0.29) is 17.9 Å². The third-order valence-electron chi connectivity index (χ3n) is 6.35. The van der Waals surface area contributed by atoms with Gasteiger partial charge in [-0.25, -0.2) is 21.2 Å². The molecule has 13 heteroatoms. The number of carbonyl (C=O) groups excluding carboxylic acids is 1. The first-order valence-corrected chi connectivity index (χ1v) is 15.1. The van der Waals surface area contributed by atoms with Gasteiger partial charge >= 0.3 is 0 Å². The summed E-state index contributed by atoms with van der Waals surface area (Å²) in [6.45, 7) is 3.49. The monoisotopic (exact) mass is 567 g/mol. The fraction of sp³-hybridized carbons (Fsp3) is 0.320. The van der Waals surface area contributed by atoms with Gasteiger partial charge in [-0.1, -0.05) is 31.9 Å². The Morgan fingerprint density at radius 3 is 2.50 bits per heavy atom. The fourth-order valence-corrected chi connectivity index (χ4v) is 6.38. The molecule has 0 aliphatic carbocycles. The number of anilines is 2. The van der Waals surface area contributed by atoms with Crippen LogP contribution in [0.1, 0.15) is 37.3 Å². The molecule has 2 aliphatic heterocycles. The van der Waals surface area contributed by atoms with Gasteiger partial charge in [0.15, 0.2) is 0 Å². The maximum Gasteiger partial charge on any atom is 0.260 e. The van der Waals surface area contributed by atoms with Crippen LogP contribution in [0, 0.1) is 12.7 Å². The average Bonchev–Trinajstić information content (AvgIpc) is 3.05. The number of benzene rings is 2.